The van der Waals surface area contributed by atoms with E-state index >= 15 is 0 Å². The summed E-state index contributed by atoms with van der Waals surface area (Å²) in [5.74, 6) is 0.862. The third-order valence-electron chi connectivity index (χ3n) is 4.16. The SMILES string of the molecule is CCC[N+](C)(C)CCCOc1ccc(C(=O)c2ccccc2)cc1.[CH3-]. The van der Waals surface area contributed by atoms with E-state index in [2.05, 4.69) is 21.0 Å². The van der Waals surface area contributed by atoms with Gasteiger partial charge in [-0.1, -0.05) is 37.3 Å². The third-order valence-corrected chi connectivity index (χ3v) is 4.16. The first-order valence-electron chi connectivity index (χ1n) is 8.66. The second-order valence-corrected chi connectivity index (χ2v) is 6.80. The smallest absolute Gasteiger partial charge is 0.193 e. The normalized spacial score (nSPS) is 10.8. The number of carbonyl (C=O) groups excluding carboxylic acids is 1. The van der Waals surface area contributed by atoms with Crippen molar-refractivity contribution in [2.45, 2.75) is 19.8 Å². The van der Waals surface area contributed by atoms with E-state index in [4.69, 9.17) is 4.74 Å². The lowest BCUT2D eigenvalue weighted by Crippen LogP contribution is -2.41. The summed E-state index contributed by atoms with van der Waals surface area (Å²) < 4.78 is 6.83. The zero-order valence-electron chi connectivity index (χ0n) is 16.0. The quantitative estimate of drug-likeness (QED) is 0.288. The second-order valence-electron chi connectivity index (χ2n) is 6.80. The summed E-state index contributed by atoms with van der Waals surface area (Å²) in [6.07, 6.45) is 2.22. The van der Waals surface area contributed by atoms with Gasteiger partial charge in [-0.3, -0.25) is 4.79 Å². The van der Waals surface area contributed by atoms with E-state index in [9.17, 15) is 4.79 Å². The minimum Gasteiger partial charge on any atom is -0.493 e. The molecule has 0 saturated heterocycles. The number of rotatable bonds is 9. The van der Waals surface area contributed by atoms with Crippen molar-refractivity contribution in [1.29, 1.82) is 0 Å². The number of ketones is 1. The molecule has 0 heterocycles. The van der Waals surface area contributed by atoms with E-state index in [1.54, 1.807) is 0 Å². The number of hydrogen-bond donors (Lipinski definition) is 0. The van der Waals surface area contributed by atoms with Crippen molar-refractivity contribution in [1.82, 2.24) is 0 Å². The van der Waals surface area contributed by atoms with E-state index in [0.29, 0.717) is 17.7 Å². The maximum atomic E-state index is 12.3. The summed E-state index contributed by atoms with van der Waals surface area (Å²) in [7, 11) is 4.51. The van der Waals surface area contributed by atoms with Gasteiger partial charge in [0.1, 0.15) is 5.75 Å². The van der Waals surface area contributed by atoms with Gasteiger partial charge < -0.3 is 16.6 Å². The fraction of sp³-hybridized carbons (Fsp3) is 0.364. The Balaban J connectivity index is 0.00000312. The monoisotopic (exact) mass is 341 g/mol. The van der Waals surface area contributed by atoms with E-state index in [0.717, 1.165) is 23.2 Å². The molecule has 0 atom stereocenters. The Kier molecular flexibility index (Phi) is 8.36. The Labute approximate surface area is 152 Å². The number of quaternary nitrogens is 1. The van der Waals surface area contributed by atoms with Crippen LogP contribution in [0.5, 0.6) is 5.75 Å². The van der Waals surface area contributed by atoms with Crippen molar-refractivity contribution in [2.24, 2.45) is 0 Å². The van der Waals surface area contributed by atoms with Crippen LogP contribution in [0, 0.1) is 7.43 Å². The van der Waals surface area contributed by atoms with Gasteiger partial charge in [-0.25, -0.2) is 0 Å². The fourth-order valence-electron chi connectivity index (χ4n) is 2.86. The average molecular weight is 341 g/mol. The van der Waals surface area contributed by atoms with Crippen molar-refractivity contribution < 1.29 is 14.0 Å². The van der Waals surface area contributed by atoms with Crippen molar-refractivity contribution in [2.75, 3.05) is 33.8 Å². The molecule has 0 unspecified atom stereocenters. The number of hydrogen-bond acceptors (Lipinski definition) is 2. The molecule has 0 fully saturated rings. The lowest BCUT2D eigenvalue weighted by molar-refractivity contribution is -0.890. The van der Waals surface area contributed by atoms with Crippen molar-refractivity contribution in [3.63, 3.8) is 0 Å². The highest BCUT2D eigenvalue weighted by Crippen LogP contribution is 2.16. The van der Waals surface area contributed by atoms with Crippen molar-refractivity contribution >= 4 is 5.78 Å². The molecule has 25 heavy (non-hydrogen) atoms. The predicted molar refractivity (Wildman–Crippen MR) is 105 cm³/mol. The molecule has 0 bridgehead atoms. The molecule has 0 amide bonds. The lowest BCUT2D eigenvalue weighted by atomic mass is 10.0. The van der Waals surface area contributed by atoms with Crippen LogP contribution in [-0.4, -0.2) is 44.1 Å². The molecule has 0 aliphatic carbocycles. The molecule has 0 N–H and O–H groups in total. The lowest BCUT2D eigenvalue weighted by Gasteiger charge is -2.29. The van der Waals surface area contributed by atoms with Crippen molar-refractivity contribution in [3.8, 4) is 5.75 Å². The molecule has 0 aliphatic heterocycles. The Morgan fingerprint density at radius 1 is 0.920 bits per heavy atom. The van der Waals surface area contributed by atoms with Crippen molar-refractivity contribution in [3.05, 3.63) is 73.2 Å². The molecule has 0 aliphatic rings. The van der Waals surface area contributed by atoms with Crippen LogP contribution in [0.15, 0.2) is 54.6 Å². The van der Waals surface area contributed by atoms with Gasteiger partial charge in [0.25, 0.3) is 0 Å². The summed E-state index contributed by atoms with van der Waals surface area (Å²) in [4.78, 5) is 12.3. The van der Waals surface area contributed by atoms with Crippen LogP contribution in [0.3, 0.4) is 0 Å². The van der Waals surface area contributed by atoms with Gasteiger partial charge in [-0.05, 0) is 30.7 Å². The molecule has 136 valence electrons. The molecule has 3 heteroatoms. The molecule has 0 saturated carbocycles. The Morgan fingerprint density at radius 3 is 2.12 bits per heavy atom. The third kappa shape index (κ3) is 6.71. The molecular weight excluding hydrogens is 310 g/mol. The van der Waals surface area contributed by atoms with Gasteiger partial charge in [-0.15, -0.1) is 0 Å². The summed E-state index contributed by atoms with van der Waals surface area (Å²) in [6, 6.07) is 16.8. The average Bonchev–Trinajstić information content (AvgIpc) is 2.59. The minimum atomic E-state index is 0. The number of nitrogens with zero attached hydrogens (tertiary/aromatic N) is 1. The molecule has 2 aromatic rings. The maximum absolute atomic E-state index is 12.3. The van der Waals surface area contributed by atoms with Crippen LogP contribution in [-0.2, 0) is 0 Å². The van der Waals surface area contributed by atoms with Crippen LogP contribution in [0.25, 0.3) is 0 Å². The van der Waals surface area contributed by atoms with E-state index < -0.39 is 0 Å². The standard InChI is InChI=1S/C21H28NO2.CH3/c1-4-15-22(2,3)16-8-17-24-20-13-11-19(12-14-20)21(23)18-9-6-5-7-10-18;/h5-7,9-14H,4,8,15-17H2,1-3H3;1H3/q+1;-1. The number of benzene rings is 2. The van der Waals surface area contributed by atoms with Gasteiger partial charge in [-0.2, -0.15) is 0 Å². The van der Waals surface area contributed by atoms with Gasteiger partial charge in [0.2, 0.25) is 0 Å². The molecule has 0 spiro atoms. The number of ether oxygens (including phenoxy) is 1. The Hall–Kier alpha value is -2.13. The second kappa shape index (κ2) is 10.00. The minimum absolute atomic E-state index is 0. The summed E-state index contributed by atoms with van der Waals surface area (Å²) in [5.41, 5.74) is 1.40. The zero-order valence-corrected chi connectivity index (χ0v) is 16.0. The first-order valence-corrected chi connectivity index (χ1v) is 8.66. The van der Waals surface area contributed by atoms with Crippen LogP contribution in [0.4, 0.5) is 0 Å². The predicted octanol–water partition coefficient (Wildman–Crippen LogP) is 4.62. The van der Waals surface area contributed by atoms with Gasteiger partial charge in [0.05, 0.1) is 33.8 Å². The van der Waals surface area contributed by atoms with E-state index in [1.165, 1.54) is 13.0 Å². The Morgan fingerprint density at radius 2 is 1.52 bits per heavy atom. The van der Waals surface area contributed by atoms with Crippen LogP contribution >= 0.6 is 0 Å². The molecular formula is C22H31NO2. The molecule has 2 aromatic carbocycles. The van der Waals surface area contributed by atoms with Crippen LogP contribution in [0.1, 0.15) is 35.7 Å². The molecule has 0 aromatic heterocycles. The summed E-state index contributed by atoms with van der Waals surface area (Å²) in [6.45, 7) is 5.22. The highest BCUT2D eigenvalue weighted by atomic mass is 16.5. The maximum Gasteiger partial charge on any atom is 0.193 e. The summed E-state index contributed by atoms with van der Waals surface area (Å²) >= 11 is 0. The Bertz CT molecular complexity index is 633. The van der Waals surface area contributed by atoms with Crippen LogP contribution in [0.2, 0.25) is 0 Å². The largest absolute Gasteiger partial charge is 0.493 e. The van der Waals surface area contributed by atoms with E-state index in [1.807, 2.05) is 54.6 Å². The molecule has 0 radical (unpaired) electrons. The first-order chi connectivity index (χ1) is 11.5. The number of carbonyl (C=O) groups is 1. The fourth-order valence-corrected chi connectivity index (χ4v) is 2.86. The van der Waals surface area contributed by atoms with Gasteiger partial charge >= 0.3 is 0 Å². The zero-order chi connectivity index (χ0) is 17.4. The first kappa shape index (κ1) is 20.9. The molecule has 2 rings (SSSR count). The summed E-state index contributed by atoms with van der Waals surface area (Å²) in [5, 5.41) is 0. The molecule has 3 nitrogen and oxygen atoms in total. The highest BCUT2D eigenvalue weighted by molar-refractivity contribution is 6.08. The van der Waals surface area contributed by atoms with Gasteiger partial charge in [0.15, 0.2) is 5.78 Å². The highest BCUT2D eigenvalue weighted by Gasteiger charge is 2.13. The topological polar surface area (TPSA) is 26.3 Å². The van der Waals surface area contributed by atoms with Gasteiger partial charge in [0, 0.05) is 17.5 Å². The van der Waals surface area contributed by atoms with E-state index in [-0.39, 0.29) is 13.2 Å². The van der Waals surface area contributed by atoms with Crippen LogP contribution < -0.4 is 4.74 Å².